The van der Waals surface area contributed by atoms with Crippen LogP contribution in [0, 0.1) is 6.92 Å². The molecule has 1 aliphatic heterocycles. The summed E-state index contributed by atoms with van der Waals surface area (Å²) in [6, 6.07) is 11.1. The van der Waals surface area contributed by atoms with Gasteiger partial charge in [0.25, 0.3) is 0 Å². The number of hydrogen-bond acceptors (Lipinski definition) is 6. The summed E-state index contributed by atoms with van der Waals surface area (Å²) in [7, 11) is -3.83. The molecule has 1 atom stereocenters. The Kier molecular flexibility index (Phi) is 7.19. The topological polar surface area (TPSA) is 109 Å². The van der Waals surface area contributed by atoms with Gasteiger partial charge in [-0.3, -0.25) is 9.78 Å². The summed E-state index contributed by atoms with van der Waals surface area (Å²) >= 11 is 0. The molecule has 1 amide bonds. The fraction of sp³-hybridized carbons (Fsp3) is 0.429. The molecule has 9 heteroatoms. The standard InChI is InChI=1S/C21H27N3O5S/c1-17-5-2-3-6-18(17)14-29-20-8-11-24(12-9-20)30(27,28)15-21(26,23-16-25)19-7-4-10-22-13-19/h2-7,10,13,16,20,26H,8-9,11-12,14-15H2,1H3,(H,23,25)/t21-/m0/s1. The van der Waals surface area contributed by atoms with Crippen LogP contribution >= 0.6 is 0 Å². The van der Waals surface area contributed by atoms with Crippen molar-refractivity contribution in [3.8, 4) is 0 Å². The zero-order chi connectivity index (χ0) is 21.6. The van der Waals surface area contributed by atoms with Gasteiger partial charge in [-0.25, -0.2) is 12.7 Å². The van der Waals surface area contributed by atoms with E-state index in [1.807, 2.05) is 31.2 Å². The first-order valence-corrected chi connectivity index (χ1v) is 11.4. The predicted molar refractivity (Wildman–Crippen MR) is 112 cm³/mol. The highest BCUT2D eigenvalue weighted by molar-refractivity contribution is 7.89. The van der Waals surface area contributed by atoms with E-state index < -0.39 is 21.5 Å². The Morgan fingerprint density at radius 2 is 2.00 bits per heavy atom. The van der Waals surface area contributed by atoms with Crippen LogP contribution in [0.1, 0.15) is 29.5 Å². The molecule has 0 saturated carbocycles. The third kappa shape index (κ3) is 5.42. The average molecular weight is 434 g/mol. The molecule has 1 aliphatic rings. The maximum absolute atomic E-state index is 12.9. The third-order valence-corrected chi connectivity index (χ3v) is 7.29. The number of nitrogens with zero attached hydrogens (tertiary/aromatic N) is 2. The van der Waals surface area contributed by atoms with Gasteiger partial charge in [0.2, 0.25) is 16.4 Å². The molecule has 2 aromatic rings. The Morgan fingerprint density at radius 3 is 2.63 bits per heavy atom. The van der Waals surface area contributed by atoms with Crippen LogP contribution in [-0.4, -0.2) is 54.2 Å². The minimum Gasteiger partial charge on any atom is -0.373 e. The summed E-state index contributed by atoms with van der Waals surface area (Å²) in [6.45, 7) is 3.12. The minimum atomic E-state index is -3.83. The molecule has 2 heterocycles. The van der Waals surface area contributed by atoms with Crippen molar-refractivity contribution in [1.82, 2.24) is 14.6 Å². The normalized spacial score (nSPS) is 17.9. The van der Waals surface area contributed by atoms with Gasteiger partial charge in [0.1, 0.15) is 5.75 Å². The van der Waals surface area contributed by atoms with Crippen molar-refractivity contribution in [1.29, 1.82) is 0 Å². The van der Waals surface area contributed by atoms with Crippen LogP contribution in [-0.2, 0) is 31.9 Å². The molecule has 30 heavy (non-hydrogen) atoms. The number of aryl methyl sites for hydroxylation is 1. The van der Waals surface area contributed by atoms with Crippen LogP contribution in [0.15, 0.2) is 48.8 Å². The van der Waals surface area contributed by atoms with E-state index >= 15 is 0 Å². The summed E-state index contributed by atoms with van der Waals surface area (Å²) in [5.74, 6) is -0.667. The number of pyridine rings is 1. The highest BCUT2D eigenvalue weighted by Crippen LogP contribution is 2.24. The van der Waals surface area contributed by atoms with Gasteiger partial charge < -0.3 is 15.2 Å². The number of rotatable bonds is 9. The van der Waals surface area contributed by atoms with Crippen molar-refractivity contribution in [3.05, 3.63) is 65.5 Å². The van der Waals surface area contributed by atoms with Crippen molar-refractivity contribution >= 4 is 16.4 Å². The summed E-state index contributed by atoms with van der Waals surface area (Å²) in [5, 5.41) is 13.1. The number of ether oxygens (including phenoxy) is 1. The Morgan fingerprint density at radius 1 is 1.27 bits per heavy atom. The summed E-state index contributed by atoms with van der Waals surface area (Å²) < 4.78 is 33.2. The average Bonchev–Trinajstić information content (AvgIpc) is 2.74. The Labute approximate surface area is 176 Å². The lowest BCUT2D eigenvalue weighted by Gasteiger charge is -2.34. The van der Waals surface area contributed by atoms with Gasteiger partial charge >= 0.3 is 0 Å². The first-order valence-electron chi connectivity index (χ1n) is 9.82. The largest absolute Gasteiger partial charge is 0.373 e. The monoisotopic (exact) mass is 433 g/mol. The van der Waals surface area contributed by atoms with E-state index in [9.17, 15) is 18.3 Å². The zero-order valence-corrected chi connectivity index (χ0v) is 17.7. The van der Waals surface area contributed by atoms with E-state index in [0.717, 1.165) is 11.1 Å². The molecule has 0 unspecified atom stereocenters. The lowest BCUT2D eigenvalue weighted by molar-refractivity contribution is -0.116. The number of sulfonamides is 1. The second kappa shape index (κ2) is 9.65. The first-order chi connectivity index (χ1) is 14.3. The fourth-order valence-corrected chi connectivity index (χ4v) is 5.25. The molecular formula is C21H27N3O5S. The molecule has 1 aromatic heterocycles. The molecule has 1 fully saturated rings. The number of amides is 1. The molecule has 0 aliphatic carbocycles. The Balaban J connectivity index is 1.59. The van der Waals surface area contributed by atoms with Crippen molar-refractivity contribution in [3.63, 3.8) is 0 Å². The van der Waals surface area contributed by atoms with Crippen LogP contribution in [0.2, 0.25) is 0 Å². The summed E-state index contributed by atoms with van der Waals surface area (Å²) in [6.07, 6.45) is 4.23. The molecule has 0 radical (unpaired) electrons. The number of carbonyl (C=O) groups excluding carboxylic acids is 1. The molecular weight excluding hydrogens is 406 g/mol. The number of aromatic nitrogens is 1. The Bertz CT molecular complexity index is 946. The molecule has 0 bridgehead atoms. The van der Waals surface area contributed by atoms with Gasteiger partial charge in [0.15, 0.2) is 5.72 Å². The third-order valence-electron chi connectivity index (χ3n) is 5.36. The molecule has 1 aromatic carbocycles. The predicted octanol–water partition coefficient (Wildman–Crippen LogP) is 1.29. The maximum Gasteiger partial charge on any atom is 0.219 e. The summed E-state index contributed by atoms with van der Waals surface area (Å²) in [4.78, 5) is 14.9. The lowest BCUT2D eigenvalue weighted by atomic mass is 10.1. The van der Waals surface area contributed by atoms with Crippen LogP contribution < -0.4 is 5.32 Å². The summed E-state index contributed by atoms with van der Waals surface area (Å²) in [5.41, 5.74) is 0.438. The van der Waals surface area contributed by atoms with Crippen molar-refractivity contribution < 1.29 is 23.1 Å². The van der Waals surface area contributed by atoms with Crippen LogP contribution in [0.25, 0.3) is 0 Å². The number of piperidine rings is 1. The molecule has 1 saturated heterocycles. The second-order valence-corrected chi connectivity index (χ2v) is 9.43. The van der Waals surface area contributed by atoms with E-state index in [1.165, 1.54) is 22.8 Å². The Hall–Kier alpha value is -2.33. The number of hydrogen-bond donors (Lipinski definition) is 2. The fourth-order valence-electron chi connectivity index (χ4n) is 3.53. The number of benzene rings is 1. The smallest absolute Gasteiger partial charge is 0.219 e. The number of aliphatic hydroxyl groups is 1. The van der Waals surface area contributed by atoms with Crippen molar-refractivity contribution in [2.45, 2.75) is 38.2 Å². The van der Waals surface area contributed by atoms with Crippen LogP contribution in [0.3, 0.4) is 0 Å². The minimum absolute atomic E-state index is 0.0265. The van der Waals surface area contributed by atoms with E-state index in [-0.39, 0.29) is 18.1 Å². The lowest BCUT2D eigenvalue weighted by Crippen LogP contribution is -2.52. The molecule has 2 N–H and O–H groups in total. The molecule has 0 spiro atoms. The number of nitrogens with one attached hydrogen (secondary N) is 1. The second-order valence-electron chi connectivity index (χ2n) is 7.46. The highest BCUT2D eigenvalue weighted by atomic mass is 32.2. The van der Waals surface area contributed by atoms with Gasteiger partial charge in [-0.05, 0) is 37.0 Å². The molecule has 162 valence electrons. The van der Waals surface area contributed by atoms with E-state index in [1.54, 1.807) is 6.07 Å². The van der Waals surface area contributed by atoms with Gasteiger partial charge in [-0.2, -0.15) is 0 Å². The SMILES string of the molecule is Cc1ccccc1COC1CCN(S(=O)(=O)C[C@@](O)(NC=O)c2cccnc2)CC1. The first kappa shape index (κ1) is 22.4. The zero-order valence-electron chi connectivity index (χ0n) is 16.9. The maximum atomic E-state index is 12.9. The highest BCUT2D eigenvalue weighted by Gasteiger charge is 2.39. The van der Waals surface area contributed by atoms with E-state index in [0.29, 0.717) is 32.5 Å². The van der Waals surface area contributed by atoms with Gasteiger partial charge in [0, 0.05) is 31.0 Å². The van der Waals surface area contributed by atoms with Crippen molar-refractivity contribution in [2.75, 3.05) is 18.8 Å². The van der Waals surface area contributed by atoms with Gasteiger partial charge in [-0.15, -0.1) is 0 Å². The van der Waals surface area contributed by atoms with Gasteiger partial charge in [-0.1, -0.05) is 30.3 Å². The number of carbonyl (C=O) groups is 1. The van der Waals surface area contributed by atoms with E-state index in [2.05, 4.69) is 10.3 Å². The molecule has 8 nitrogen and oxygen atoms in total. The van der Waals surface area contributed by atoms with Crippen LogP contribution in [0.4, 0.5) is 0 Å². The van der Waals surface area contributed by atoms with E-state index in [4.69, 9.17) is 4.74 Å². The van der Waals surface area contributed by atoms with Crippen molar-refractivity contribution in [2.24, 2.45) is 0 Å². The molecule has 3 rings (SSSR count). The van der Waals surface area contributed by atoms with Gasteiger partial charge in [0.05, 0.1) is 12.7 Å². The quantitative estimate of drug-likeness (QED) is 0.456. The van der Waals surface area contributed by atoms with Crippen LogP contribution in [0.5, 0.6) is 0 Å².